The van der Waals surface area contributed by atoms with E-state index >= 15 is 0 Å². The summed E-state index contributed by atoms with van der Waals surface area (Å²) in [7, 11) is 4.05. The molecule has 1 unspecified atom stereocenters. The van der Waals surface area contributed by atoms with Crippen LogP contribution in [0, 0.1) is 5.92 Å². The molecule has 0 aromatic carbocycles. The summed E-state index contributed by atoms with van der Waals surface area (Å²) < 4.78 is 0. The van der Waals surface area contributed by atoms with Gasteiger partial charge in [0.25, 0.3) is 0 Å². The van der Waals surface area contributed by atoms with E-state index in [9.17, 15) is 4.79 Å². The molecular weight excluding hydrogens is 250 g/mol. The standard InChI is InChI=1S/C16H31N3O/c1-13-6-8-15(9-7-13)19(3)16(20)12-18(2)11-14-5-4-10-17-14/h13-15,17H,4-12H2,1-3H3. The fourth-order valence-electron chi connectivity index (χ4n) is 3.53. The SMILES string of the molecule is CC1CCC(N(C)C(=O)CN(C)CC2CCCN2)CC1. The van der Waals surface area contributed by atoms with Gasteiger partial charge in [0.15, 0.2) is 0 Å². The highest BCUT2D eigenvalue weighted by Gasteiger charge is 2.25. The van der Waals surface area contributed by atoms with Crippen molar-refractivity contribution < 1.29 is 4.79 Å². The summed E-state index contributed by atoms with van der Waals surface area (Å²) in [5.41, 5.74) is 0. The molecule has 0 spiro atoms. The van der Waals surface area contributed by atoms with Gasteiger partial charge in [0.05, 0.1) is 6.54 Å². The summed E-state index contributed by atoms with van der Waals surface area (Å²) in [5, 5.41) is 3.49. The number of nitrogens with zero attached hydrogens (tertiary/aromatic N) is 2. The Balaban J connectivity index is 1.72. The van der Waals surface area contributed by atoms with Gasteiger partial charge in [-0.15, -0.1) is 0 Å². The van der Waals surface area contributed by atoms with E-state index in [1.807, 2.05) is 11.9 Å². The molecule has 4 heteroatoms. The third kappa shape index (κ3) is 4.45. The maximum absolute atomic E-state index is 12.4. The largest absolute Gasteiger partial charge is 0.342 e. The topological polar surface area (TPSA) is 35.6 Å². The fraction of sp³-hybridized carbons (Fsp3) is 0.938. The lowest BCUT2D eigenvalue weighted by molar-refractivity contribution is -0.133. The minimum atomic E-state index is 0.282. The van der Waals surface area contributed by atoms with Crippen molar-refractivity contribution in [3.63, 3.8) is 0 Å². The number of amides is 1. The molecule has 1 atom stereocenters. The highest BCUT2D eigenvalue weighted by Crippen LogP contribution is 2.26. The molecule has 0 bridgehead atoms. The fourth-order valence-corrected chi connectivity index (χ4v) is 3.53. The zero-order chi connectivity index (χ0) is 14.5. The molecule has 20 heavy (non-hydrogen) atoms. The van der Waals surface area contributed by atoms with Crippen LogP contribution >= 0.6 is 0 Å². The Morgan fingerprint density at radius 3 is 2.45 bits per heavy atom. The molecule has 2 rings (SSSR count). The van der Waals surface area contributed by atoms with Crippen LogP contribution in [-0.4, -0.2) is 61.5 Å². The molecule has 1 saturated heterocycles. The Morgan fingerprint density at radius 2 is 1.85 bits per heavy atom. The minimum Gasteiger partial charge on any atom is -0.342 e. The molecule has 1 saturated carbocycles. The summed E-state index contributed by atoms with van der Waals surface area (Å²) in [6.07, 6.45) is 7.41. The van der Waals surface area contributed by atoms with E-state index in [1.165, 1.54) is 38.5 Å². The molecule has 2 aliphatic rings. The van der Waals surface area contributed by atoms with Crippen LogP contribution in [0.5, 0.6) is 0 Å². The second kappa shape index (κ2) is 7.41. The Hall–Kier alpha value is -0.610. The summed E-state index contributed by atoms with van der Waals surface area (Å²) >= 11 is 0. The van der Waals surface area contributed by atoms with Gasteiger partial charge >= 0.3 is 0 Å². The third-order valence-electron chi connectivity index (χ3n) is 5.03. The predicted octanol–water partition coefficient (Wildman–Crippen LogP) is 1.71. The lowest BCUT2D eigenvalue weighted by atomic mass is 9.87. The Morgan fingerprint density at radius 1 is 1.15 bits per heavy atom. The van der Waals surface area contributed by atoms with Crippen molar-refractivity contribution in [3.05, 3.63) is 0 Å². The molecule has 1 heterocycles. The van der Waals surface area contributed by atoms with Crippen molar-refractivity contribution in [1.82, 2.24) is 15.1 Å². The quantitative estimate of drug-likeness (QED) is 0.833. The van der Waals surface area contributed by atoms with E-state index in [0.29, 0.717) is 18.6 Å². The first-order valence-corrected chi connectivity index (χ1v) is 8.24. The van der Waals surface area contributed by atoms with Crippen molar-refractivity contribution in [1.29, 1.82) is 0 Å². The molecule has 1 aliphatic heterocycles. The van der Waals surface area contributed by atoms with Crippen LogP contribution in [0.2, 0.25) is 0 Å². The monoisotopic (exact) mass is 281 g/mol. The molecule has 2 fully saturated rings. The molecular formula is C16H31N3O. The molecule has 1 amide bonds. The zero-order valence-corrected chi connectivity index (χ0v) is 13.4. The molecule has 0 radical (unpaired) electrons. The number of hydrogen-bond acceptors (Lipinski definition) is 3. The van der Waals surface area contributed by atoms with Crippen molar-refractivity contribution in [2.24, 2.45) is 5.92 Å². The van der Waals surface area contributed by atoms with Gasteiger partial charge in [-0.3, -0.25) is 9.69 Å². The average molecular weight is 281 g/mol. The first-order chi connectivity index (χ1) is 9.56. The summed E-state index contributed by atoms with van der Waals surface area (Å²) in [5.74, 6) is 1.12. The van der Waals surface area contributed by atoms with Crippen molar-refractivity contribution >= 4 is 5.91 Å². The highest BCUT2D eigenvalue weighted by molar-refractivity contribution is 5.78. The number of carbonyl (C=O) groups is 1. The van der Waals surface area contributed by atoms with Gasteiger partial charge in [-0.2, -0.15) is 0 Å². The van der Waals surface area contributed by atoms with Crippen LogP contribution in [0.4, 0.5) is 0 Å². The van der Waals surface area contributed by atoms with Crippen LogP contribution in [0.25, 0.3) is 0 Å². The first kappa shape index (κ1) is 15.8. The normalized spacial score (nSPS) is 30.7. The van der Waals surface area contributed by atoms with E-state index in [2.05, 4.69) is 24.2 Å². The molecule has 1 N–H and O–H groups in total. The van der Waals surface area contributed by atoms with Gasteiger partial charge in [0, 0.05) is 25.7 Å². The van der Waals surface area contributed by atoms with Gasteiger partial charge in [-0.1, -0.05) is 6.92 Å². The van der Waals surface area contributed by atoms with Crippen LogP contribution in [0.3, 0.4) is 0 Å². The molecule has 0 aromatic rings. The second-order valence-electron chi connectivity index (χ2n) is 6.91. The van der Waals surface area contributed by atoms with Crippen LogP contribution in [0.15, 0.2) is 0 Å². The van der Waals surface area contributed by atoms with Gasteiger partial charge in [-0.25, -0.2) is 0 Å². The van der Waals surface area contributed by atoms with E-state index in [0.717, 1.165) is 19.0 Å². The second-order valence-corrected chi connectivity index (χ2v) is 6.91. The Kier molecular flexibility index (Phi) is 5.85. The number of rotatable bonds is 5. The van der Waals surface area contributed by atoms with Crippen LogP contribution in [-0.2, 0) is 4.79 Å². The van der Waals surface area contributed by atoms with E-state index in [1.54, 1.807) is 0 Å². The van der Waals surface area contributed by atoms with E-state index < -0.39 is 0 Å². The van der Waals surface area contributed by atoms with Gasteiger partial charge in [-0.05, 0) is 58.0 Å². The highest BCUT2D eigenvalue weighted by atomic mass is 16.2. The predicted molar refractivity (Wildman–Crippen MR) is 82.7 cm³/mol. The number of carbonyl (C=O) groups excluding carboxylic acids is 1. The summed E-state index contributed by atoms with van der Waals surface area (Å²) in [4.78, 5) is 16.6. The van der Waals surface area contributed by atoms with E-state index in [-0.39, 0.29) is 5.91 Å². The summed E-state index contributed by atoms with van der Waals surface area (Å²) in [6, 6.07) is 1.05. The minimum absolute atomic E-state index is 0.282. The van der Waals surface area contributed by atoms with Crippen molar-refractivity contribution in [2.75, 3.05) is 33.7 Å². The van der Waals surface area contributed by atoms with Crippen molar-refractivity contribution in [3.8, 4) is 0 Å². The lowest BCUT2D eigenvalue weighted by Gasteiger charge is -2.34. The first-order valence-electron chi connectivity index (χ1n) is 8.24. The lowest BCUT2D eigenvalue weighted by Crippen LogP contribution is -2.45. The van der Waals surface area contributed by atoms with Crippen LogP contribution < -0.4 is 5.32 Å². The third-order valence-corrected chi connectivity index (χ3v) is 5.03. The molecule has 1 aliphatic carbocycles. The van der Waals surface area contributed by atoms with Crippen LogP contribution in [0.1, 0.15) is 45.4 Å². The van der Waals surface area contributed by atoms with Gasteiger partial charge < -0.3 is 10.2 Å². The average Bonchev–Trinajstić information content (AvgIpc) is 2.91. The number of nitrogens with one attached hydrogen (secondary N) is 1. The Labute approximate surface area is 123 Å². The van der Waals surface area contributed by atoms with Gasteiger partial charge in [0.2, 0.25) is 5.91 Å². The Bertz CT molecular complexity index is 307. The summed E-state index contributed by atoms with van der Waals surface area (Å²) in [6.45, 7) is 5.00. The zero-order valence-electron chi connectivity index (χ0n) is 13.4. The van der Waals surface area contributed by atoms with E-state index in [4.69, 9.17) is 0 Å². The molecule has 4 nitrogen and oxygen atoms in total. The van der Waals surface area contributed by atoms with Crippen molar-refractivity contribution in [2.45, 2.75) is 57.5 Å². The number of hydrogen-bond donors (Lipinski definition) is 1. The smallest absolute Gasteiger partial charge is 0.236 e. The number of likely N-dealkylation sites (N-methyl/N-ethyl adjacent to an activating group) is 2. The maximum Gasteiger partial charge on any atom is 0.236 e. The molecule has 0 aromatic heterocycles. The van der Waals surface area contributed by atoms with Gasteiger partial charge in [0.1, 0.15) is 0 Å². The molecule has 116 valence electrons. The maximum atomic E-state index is 12.4.